The van der Waals surface area contributed by atoms with Gasteiger partial charge in [-0.05, 0) is 112 Å². The molecule has 0 atom stereocenters. The van der Waals surface area contributed by atoms with Crippen LogP contribution in [0.2, 0.25) is 0 Å². The van der Waals surface area contributed by atoms with Crippen LogP contribution in [0.5, 0.6) is 0 Å². The van der Waals surface area contributed by atoms with Crippen molar-refractivity contribution in [3.05, 3.63) is 206 Å². The quantitative estimate of drug-likeness (QED) is 0.161. The van der Waals surface area contributed by atoms with Crippen molar-refractivity contribution >= 4 is 81.6 Å². The van der Waals surface area contributed by atoms with E-state index in [4.69, 9.17) is 13.8 Å². The summed E-state index contributed by atoms with van der Waals surface area (Å²) < 4.78 is 15.4. The summed E-state index contributed by atoms with van der Waals surface area (Å²) in [5.41, 5.74) is 14.3. The van der Waals surface area contributed by atoms with Crippen LogP contribution in [0.3, 0.4) is 0 Å². The van der Waals surface area contributed by atoms with Gasteiger partial charge in [0.05, 0.1) is 5.39 Å². The smallest absolute Gasteiger partial charge is 0.227 e. The van der Waals surface area contributed by atoms with E-state index in [1.54, 1.807) is 0 Å². The first-order valence-electron chi connectivity index (χ1n) is 20.1. The summed E-state index contributed by atoms with van der Waals surface area (Å²) in [7, 11) is 0. The van der Waals surface area contributed by atoms with E-state index in [1.165, 1.54) is 42.4 Å². The minimum absolute atomic E-state index is 0.598. The van der Waals surface area contributed by atoms with Crippen molar-refractivity contribution in [2.24, 2.45) is 0 Å². The number of rotatable bonds is 7. The monoisotopic (exact) mass is 786 g/mol. The molecule has 5 heteroatoms. The molecule has 12 rings (SSSR count). The lowest BCUT2D eigenvalue weighted by atomic mass is 10.0. The maximum Gasteiger partial charge on any atom is 0.227 e. The summed E-state index contributed by atoms with van der Waals surface area (Å²) >= 11 is 1.86. The summed E-state index contributed by atoms with van der Waals surface area (Å²) in [5, 5.41) is 4.54. The number of anilines is 3. The molecule has 3 heterocycles. The summed E-state index contributed by atoms with van der Waals surface area (Å²) in [4.78, 5) is 7.18. The molecule has 9 aromatic carbocycles. The molecule has 282 valence electrons. The minimum atomic E-state index is 0.598. The second kappa shape index (κ2) is 14.0. The molecule has 0 unspecified atom stereocenters. The molecular weight excluding hydrogens is 753 g/mol. The molecule has 4 nitrogen and oxygen atoms in total. The first-order chi connectivity index (χ1) is 29.7. The van der Waals surface area contributed by atoms with E-state index in [0.717, 1.165) is 66.8 Å². The largest absolute Gasteiger partial charge is 0.456 e. The normalized spacial score (nSPS) is 11.7. The Hall–Kier alpha value is -7.73. The average Bonchev–Trinajstić information content (AvgIpc) is 4.04. The number of thiophene rings is 1. The van der Waals surface area contributed by atoms with Crippen LogP contribution in [0.1, 0.15) is 0 Å². The van der Waals surface area contributed by atoms with Crippen molar-refractivity contribution in [3.63, 3.8) is 0 Å². The Balaban J connectivity index is 0.951. The molecule has 0 spiro atoms. The van der Waals surface area contributed by atoms with Crippen LogP contribution in [0.25, 0.3) is 98.0 Å². The fraction of sp³-hybridized carbons (Fsp3) is 0. The zero-order chi connectivity index (χ0) is 39.6. The highest BCUT2D eigenvalue weighted by atomic mass is 32.1. The van der Waals surface area contributed by atoms with Gasteiger partial charge in [0.2, 0.25) is 5.89 Å². The van der Waals surface area contributed by atoms with Crippen LogP contribution in [0.4, 0.5) is 17.1 Å². The standard InChI is InChI=1S/C55H34N2O2S/c1-3-11-35(12-4-1)36-21-26-41(27-22-36)57(43-16-9-15-40(33-43)44-18-10-19-46-45-17-7-8-20-51(45)60-54(44)46)42-28-23-37(24-29-42)39-25-31-49-47(34-39)52-50(58-49)32-30-48-53(52)59-55(56-48)38-13-5-2-6-14-38/h1-34H. The highest BCUT2D eigenvalue weighted by Gasteiger charge is 2.19. The SMILES string of the molecule is c1ccc(-c2ccc(N(c3ccc(-c4ccc5oc6ccc7nc(-c8ccccc8)oc7c6c5c4)cc3)c3cccc(-c4cccc5c4sc4ccccc45)c3)cc2)cc1. The number of fused-ring (bicyclic) bond motifs is 8. The summed E-state index contributed by atoms with van der Waals surface area (Å²) in [6, 6.07) is 73.0. The van der Waals surface area contributed by atoms with E-state index < -0.39 is 0 Å². The van der Waals surface area contributed by atoms with Crippen LogP contribution in [-0.2, 0) is 0 Å². The lowest BCUT2D eigenvalue weighted by Gasteiger charge is -2.26. The van der Waals surface area contributed by atoms with E-state index >= 15 is 0 Å². The average molecular weight is 787 g/mol. The number of nitrogens with zero attached hydrogens (tertiary/aromatic N) is 2. The maximum absolute atomic E-state index is 6.43. The van der Waals surface area contributed by atoms with Gasteiger partial charge in [0, 0.05) is 48.2 Å². The van der Waals surface area contributed by atoms with Gasteiger partial charge in [-0.15, -0.1) is 11.3 Å². The van der Waals surface area contributed by atoms with E-state index in [9.17, 15) is 0 Å². The van der Waals surface area contributed by atoms with E-state index in [0.29, 0.717) is 5.89 Å². The van der Waals surface area contributed by atoms with Crippen molar-refractivity contribution in [2.75, 3.05) is 4.90 Å². The van der Waals surface area contributed by atoms with Crippen LogP contribution >= 0.6 is 11.3 Å². The fourth-order valence-electron chi connectivity index (χ4n) is 8.60. The van der Waals surface area contributed by atoms with E-state index in [2.05, 4.69) is 169 Å². The molecule has 0 radical (unpaired) electrons. The van der Waals surface area contributed by atoms with Crippen molar-refractivity contribution in [1.82, 2.24) is 4.98 Å². The molecule has 60 heavy (non-hydrogen) atoms. The fourth-order valence-corrected chi connectivity index (χ4v) is 9.84. The highest BCUT2D eigenvalue weighted by molar-refractivity contribution is 7.26. The molecule has 0 bridgehead atoms. The lowest BCUT2D eigenvalue weighted by Crippen LogP contribution is -2.10. The van der Waals surface area contributed by atoms with Crippen LogP contribution in [-0.4, -0.2) is 4.98 Å². The van der Waals surface area contributed by atoms with Gasteiger partial charge in [0.1, 0.15) is 16.7 Å². The van der Waals surface area contributed by atoms with E-state index in [-0.39, 0.29) is 0 Å². The van der Waals surface area contributed by atoms with Crippen molar-refractivity contribution in [2.45, 2.75) is 0 Å². The molecule has 0 saturated carbocycles. The Labute approximate surface area is 349 Å². The van der Waals surface area contributed by atoms with Crippen molar-refractivity contribution < 1.29 is 8.83 Å². The number of furan rings is 1. The summed E-state index contributed by atoms with van der Waals surface area (Å²) in [6.07, 6.45) is 0. The third kappa shape index (κ3) is 5.78. The van der Waals surface area contributed by atoms with Crippen molar-refractivity contribution in [1.29, 1.82) is 0 Å². The van der Waals surface area contributed by atoms with Gasteiger partial charge in [-0.1, -0.05) is 127 Å². The molecule has 0 N–H and O–H groups in total. The lowest BCUT2D eigenvalue weighted by molar-refractivity contribution is 0.622. The van der Waals surface area contributed by atoms with Crippen LogP contribution in [0, 0.1) is 0 Å². The Kier molecular flexibility index (Phi) is 8.00. The molecule has 0 aliphatic heterocycles. The number of aromatic nitrogens is 1. The van der Waals surface area contributed by atoms with Gasteiger partial charge in [0.15, 0.2) is 5.58 Å². The maximum atomic E-state index is 6.43. The molecule has 3 aromatic heterocycles. The van der Waals surface area contributed by atoms with Gasteiger partial charge >= 0.3 is 0 Å². The third-order valence-electron chi connectivity index (χ3n) is 11.5. The molecule has 0 fully saturated rings. The first kappa shape index (κ1) is 34.3. The summed E-state index contributed by atoms with van der Waals surface area (Å²) in [5.74, 6) is 0.598. The topological polar surface area (TPSA) is 42.4 Å². The second-order valence-electron chi connectivity index (χ2n) is 15.1. The van der Waals surface area contributed by atoms with Crippen LogP contribution < -0.4 is 4.90 Å². The zero-order valence-electron chi connectivity index (χ0n) is 32.2. The van der Waals surface area contributed by atoms with Gasteiger partial charge in [-0.2, -0.15) is 0 Å². The number of oxazole rings is 1. The van der Waals surface area contributed by atoms with Crippen LogP contribution in [0.15, 0.2) is 215 Å². The molecular formula is C55H34N2O2S. The predicted octanol–water partition coefficient (Wildman–Crippen LogP) is 16.2. The Bertz CT molecular complexity index is 3530. The number of benzene rings is 9. The van der Waals surface area contributed by atoms with Gasteiger partial charge in [0.25, 0.3) is 0 Å². The predicted molar refractivity (Wildman–Crippen MR) is 251 cm³/mol. The minimum Gasteiger partial charge on any atom is -0.456 e. The first-order valence-corrected chi connectivity index (χ1v) is 20.9. The Morgan fingerprint density at radius 3 is 1.80 bits per heavy atom. The number of hydrogen-bond donors (Lipinski definition) is 0. The second-order valence-corrected chi connectivity index (χ2v) is 16.2. The van der Waals surface area contributed by atoms with Gasteiger partial charge in [-0.25, -0.2) is 4.98 Å². The Morgan fingerprint density at radius 1 is 0.400 bits per heavy atom. The molecule has 0 aliphatic carbocycles. The molecule has 0 aliphatic rings. The zero-order valence-corrected chi connectivity index (χ0v) is 33.1. The Morgan fingerprint density at radius 2 is 1.02 bits per heavy atom. The van der Waals surface area contributed by atoms with Gasteiger partial charge in [-0.3, -0.25) is 0 Å². The summed E-state index contributed by atoms with van der Waals surface area (Å²) in [6.45, 7) is 0. The number of hydrogen-bond acceptors (Lipinski definition) is 5. The highest BCUT2D eigenvalue weighted by Crippen LogP contribution is 2.44. The molecule has 0 saturated heterocycles. The van der Waals surface area contributed by atoms with E-state index in [1.807, 2.05) is 53.8 Å². The molecule has 0 amide bonds. The third-order valence-corrected chi connectivity index (χ3v) is 12.7. The van der Waals surface area contributed by atoms with Crippen molar-refractivity contribution in [3.8, 4) is 44.8 Å². The van der Waals surface area contributed by atoms with Gasteiger partial charge < -0.3 is 13.7 Å². The molecule has 12 aromatic rings.